The van der Waals surface area contributed by atoms with Gasteiger partial charge in [0, 0.05) is 17.5 Å². The van der Waals surface area contributed by atoms with Gasteiger partial charge in [-0.25, -0.2) is 9.52 Å². The fourth-order valence-corrected chi connectivity index (χ4v) is 6.83. The largest absolute Gasteiger partial charge is 0.478 e. The number of hydrogen-bond donors (Lipinski definition) is 4. The lowest BCUT2D eigenvalue weighted by Gasteiger charge is -2.43. The third-order valence-electron chi connectivity index (χ3n) is 6.23. The molecule has 180 valence electrons. The molecule has 0 aliphatic carbocycles. The molecule has 2 aromatic rings. The summed E-state index contributed by atoms with van der Waals surface area (Å²) in [5, 5.41) is 8.89. The number of unbranched alkanes of at least 4 members (excludes halogenated alkanes) is 1. The van der Waals surface area contributed by atoms with Crippen molar-refractivity contribution in [1.82, 2.24) is 4.72 Å². The van der Waals surface area contributed by atoms with Gasteiger partial charge in [-0.1, -0.05) is 57.0 Å². The Morgan fingerprint density at radius 1 is 1.27 bits per heavy atom. The van der Waals surface area contributed by atoms with E-state index in [-0.39, 0.29) is 5.92 Å². The topological polar surface area (TPSA) is 99.0 Å². The number of carboxylic acid groups (broad SMARTS) is 1. The Kier molecular flexibility index (Phi) is 8.53. The highest BCUT2D eigenvalue weighted by Gasteiger charge is 2.42. The minimum atomic E-state index is -3.34. The van der Waals surface area contributed by atoms with Crippen LogP contribution in [0.2, 0.25) is 0 Å². The van der Waals surface area contributed by atoms with Gasteiger partial charge in [-0.15, -0.1) is 22.5 Å². The van der Waals surface area contributed by atoms with E-state index in [9.17, 15) is 13.9 Å². The third kappa shape index (κ3) is 5.94. The zero-order chi connectivity index (χ0) is 24.1. The first-order valence-corrected chi connectivity index (χ1v) is 13.9. The van der Waals surface area contributed by atoms with Crippen LogP contribution in [-0.2, 0) is 4.79 Å². The number of benzene rings is 2. The van der Waals surface area contributed by atoms with Gasteiger partial charge in [0.15, 0.2) is 0 Å². The van der Waals surface area contributed by atoms with Crippen molar-refractivity contribution in [3.05, 3.63) is 65.9 Å². The zero-order valence-electron chi connectivity index (χ0n) is 19.3. The van der Waals surface area contributed by atoms with E-state index in [1.807, 2.05) is 30.5 Å². The number of ether oxygens (including phenoxy) is 1. The van der Waals surface area contributed by atoms with Gasteiger partial charge in [-0.05, 0) is 42.7 Å². The minimum Gasteiger partial charge on any atom is -0.478 e. The van der Waals surface area contributed by atoms with E-state index in [4.69, 9.17) is 9.84 Å². The Morgan fingerprint density at radius 3 is 2.61 bits per heavy atom. The molecule has 1 heterocycles. The van der Waals surface area contributed by atoms with E-state index in [2.05, 4.69) is 30.7 Å². The number of carboxylic acids is 1. The molecule has 0 bridgehead atoms. The van der Waals surface area contributed by atoms with Crippen LogP contribution in [0.1, 0.15) is 63.0 Å². The lowest BCUT2D eigenvalue weighted by atomic mass is 9.77. The molecular formula is C25H33NO5S2. The number of rotatable bonds is 9. The molecule has 2 atom stereocenters. The molecule has 33 heavy (non-hydrogen) atoms. The van der Waals surface area contributed by atoms with Gasteiger partial charge in [-0.3, -0.25) is 9.11 Å². The van der Waals surface area contributed by atoms with Crippen molar-refractivity contribution >= 4 is 28.5 Å². The fraction of sp³-hybridized carbons (Fsp3) is 0.400. The molecule has 0 spiro atoms. The summed E-state index contributed by atoms with van der Waals surface area (Å²) in [5.41, 5.74) is 1.55. The van der Waals surface area contributed by atoms with E-state index < -0.39 is 22.3 Å². The summed E-state index contributed by atoms with van der Waals surface area (Å²) in [7, 11) is -3.34. The SMILES string of the molecule is CCCCC1(CC)CC(c2ccccc2)c2cc(SC)c(O/C=C/C(=O)O)cc2S(O)(O)N1. The Labute approximate surface area is 201 Å². The summed E-state index contributed by atoms with van der Waals surface area (Å²) >= 11 is 1.47. The van der Waals surface area contributed by atoms with Crippen molar-refractivity contribution < 1.29 is 23.7 Å². The van der Waals surface area contributed by atoms with Crippen molar-refractivity contribution in [2.75, 3.05) is 6.26 Å². The van der Waals surface area contributed by atoms with E-state index in [0.717, 1.165) is 60.5 Å². The summed E-state index contributed by atoms with van der Waals surface area (Å²) in [5.74, 6) is -0.757. The normalized spacial score (nSPS) is 23.0. The van der Waals surface area contributed by atoms with E-state index in [1.54, 1.807) is 6.07 Å². The second-order valence-electron chi connectivity index (χ2n) is 8.36. The van der Waals surface area contributed by atoms with Crippen LogP contribution in [0.25, 0.3) is 0 Å². The monoisotopic (exact) mass is 491 g/mol. The molecule has 6 nitrogen and oxygen atoms in total. The maximum atomic E-state index is 11.4. The summed E-state index contributed by atoms with van der Waals surface area (Å²) in [4.78, 5) is 12.1. The van der Waals surface area contributed by atoms with Gasteiger partial charge in [0.25, 0.3) is 0 Å². The van der Waals surface area contributed by atoms with Gasteiger partial charge in [0.2, 0.25) is 0 Å². The highest BCUT2D eigenvalue weighted by molar-refractivity contribution is 8.22. The van der Waals surface area contributed by atoms with Gasteiger partial charge < -0.3 is 9.84 Å². The molecular weight excluding hydrogens is 458 g/mol. The number of nitrogens with one attached hydrogen (secondary N) is 1. The average molecular weight is 492 g/mol. The van der Waals surface area contributed by atoms with Crippen LogP contribution in [0.4, 0.5) is 0 Å². The van der Waals surface area contributed by atoms with Crippen LogP contribution in [0.15, 0.2) is 64.6 Å². The van der Waals surface area contributed by atoms with Crippen LogP contribution in [-0.4, -0.2) is 32.0 Å². The minimum absolute atomic E-state index is 0.0336. The standard InChI is InChI=1S/C25H33NO5S2/c1-4-6-13-25(5-2)17-20(18-10-8-7-9-11-18)19-15-22(32-3)21(31-14-12-24(27)28)16-23(19)33(29,30)26-25/h7-12,14-16,20,26,29-30H,4-6,13,17H2,1-3H3,(H,27,28)/b14-12+. The molecule has 0 fully saturated rings. The molecule has 1 aliphatic heterocycles. The summed E-state index contributed by atoms with van der Waals surface area (Å²) in [6.45, 7) is 4.23. The maximum absolute atomic E-state index is 11.4. The molecule has 0 aromatic heterocycles. The first kappa shape index (κ1) is 25.6. The molecule has 0 saturated carbocycles. The lowest BCUT2D eigenvalue weighted by Crippen LogP contribution is -2.45. The predicted molar refractivity (Wildman–Crippen MR) is 135 cm³/mol. The van der Waals surface area contributed by atoms with Gasteiger partial charge >= 0.3 is 5.97 Å². The molecule has 2 aromatic carbocycles. The van der Waals surface area contributed by atoms with Gasteiger partial charge in [-0.2, -0.15) is 0 Å². The Hall–Kier alpha value is -1.97. The van der Waals surface area contributed by atoms with Crippen LogP contribution in [0.3, 0.4) is 0 Å². The van der Waals surface area contributed by atoms with E-state index in [0.29, 0.717) is 10.6 Å². The number of thioether (sulfide) groups is 1. The first-order chi connectivity index (χ1) is 15.7. The molecule has 3 rings (SSSR count). The highest BCUT2D eigenvalue weighted by atomic mass is 32.3. The molecule has 0 saturated heterocycles. The van der Waals surface area contributed by atoms with Crippen LogP contribution < -0.4 is 9.46 Å². The fourth-order valence-electron chi connectivity index (χ4n) is 4.44. The van der Waals surface area contributed by atoms with Crippen molar-refractivity contribution in [2.24, 2.45) is 0 Å². The maximum Gasteiger partial charge on any atom is 0.331 e. The molecule has 0 amide bonds. The summed E-state index contributed by atoms with van der Waals surface area (Å²) in [6.07, 6.45) is 8.28. The smallest absolute Gasteiger partial charge is 0.331 e. The highest BCUT2D eigenvalue weighted by Crippen LogP contribution is 2.58. The van der Waals surface area contributed by atoms with Crippen LogP contribution in [0, 0.1) is 0 Å². The Balaban J connectivity index is 2.20. The number of carbonyl (C=O) groups is 1. The molecule has 4 N–H and O–H groups in total. The van der Waals surface area contributed by atoms with Crippen molar-refractivity contribution in [3.8, 4) is 5.75 Å². The first-order valence-electron chi connectivity index (χ1n) is 11.2. The van der Waals surface area contributed by atoms with Gasteiger partial charge in [0.1, 0.15) is 5.75 Å². The molecule has 1 aliphatic rings. The Morgan fingerprint density at radius 2 is 2.00 bits per heavy atom. The molecule has 0 radical (unpaired) electrons. The summed E-state index contributed by atoms with van der Waals surface area (Å²) < 4.78 is 31.7. The van der Waals surface area contributed by atoms with Crippen molar-refractivity contribution in [2.45, 2.75) is 67.2 Å². The number of hydrogen-bond acceptors (Lipinski definition) is 6. The predicted octanol–water partition coefficient (Wildman–Crippen LogP) is 6.87. The van der Waals surface area contributed by atoms with Crippen LogP contribution >= 0.6 is 22.5 Å². The quantitative estimate of drug-likeness (QED) is 0.172. The number of fused-ring (bicyclic) bond motifs is 1. The molecule has 8 heteroatoms. The lowest BCUT2D eigenvalue weighted by molar-refractivity contribution is -0.131. The van der Waals surface area contributed by atoms with Crippen molar-refractivity contribution in [1.29, 1.82) is 0 Å². The second-order valence-corrected chi connectivity index (χ2v) is 10.9. The molecule has 2 unspecified atom stereocenters. The van der Waals surface area contributed by atoms with E-state index >= 15 is 0 Å². The summed E-state index contributed by atoms with van der Waals surface area (Å²) in [6, 6.07) is 13.8. The van der Waals surface area contributed by atoms with Crippen LogP contribution in [0.5, 0.6) is 5.75 Å². The van der Waals surface area contributed by atoms with Gasteiger partial charge in [0.05, 0.1) is 22.1 Å². The Bertz CT molecular complexity index is 996. The second kappa shape index (κ2) is 11.0. The number of aliphatic carboxylic acids is 1. The van der Waals surface area contributed by atoms with Crippen molar-refractivity contribution in [3.63, 3.8) is 0 Å². The zero-order valence-corrected chi connectivity index (χ0v) is 20.9. The van der Waals surface area contributed by atoms with E-state index in [1.165, 1.54) is 11.8 Å². The third-order valence-corrected chi connectivity index (χ3v) is 8.67. The average Bonchev–Trinajstić information content (AvgIpc) is 2.90.